The topological polar surface area (TPSA) is 78.7 Å². The van der Waals surface area contributed by atoms with Crippen molar-refractivity contribution in [1.82, 2.24) is 19.4 Å². The van der Waals surface area contributed by atoms with Gasteiger partial charge in [-0.3, -0.25) is 9.78 Å². The summed E-state index contributed by atoms with van der Waals surface area (Å²) in [4.78, 5) is 34.2. The van der Waals surface area contributed by atoms with Gasteiger partial charge in [-0.25, -0.2) is 4.79 Å². The van der Waals surface area contributed by atoms with Gasteiger partial charge in [-0.1, -0.05) is 25.3 Å². The van der Waals surface area contributed by atoms with Gasteiger partial charge in [-0.15, -0.1) is 0 Å². The van der Waals surface area contributed by atoms with E-state index in [1.54, 1.807) is 18.3 Å². The van der Waals surface area contributed by atoms with Crippen molar-refractivity contribution in [3.05, 3.63) is 53.9 Å². The summed E-state index contributed by atoms with van der Waals surface area (Å²) in [5.74, 6) is -0.487. The van der Waals surface area contributed by atoms with Crippen LogP contribution in [0.15, 0.2) is 42.7 Å². The molecule has 2 fully saturated rings. The number of aromatic nitrogens is 2. The molecule has 1 atom stereocenters. The average molecular weight is 489 g/mol. The number of carboxylic acids is 1. The third-order valence-electron chi connectivity index (χ3n) is 8.07. The number of rotatable bonds is 6. The van der Waals surface area contributed by atoms with E-state index in [9.17, 15) is 14.7 Å². The molecule has 0 radical (unpaired) electrons. The van der Waals surface area contributed by atoms with Crippen LogP contribution in [0.1, 0.15) is 66.8 Å². The van der Waals surface area contributed by atoms with Crippen molar-refractivity contribution in [1.29, 1.82) is 0 Å². The molecule has 2 aromatic heterocycles. The number of piperidine rings is 1. The quantitative estimate of drug-likeness (QED) is 0.528. The number of carbonyl (C=O) groups excluding carboxylic acids is 1. The predicted molar refractivity (Wildman–Crippen MR) is 141 cm³/mol. The molecular weight excluding hydrogens is 452 g/mol. The summed E-state index contributed by atoms with van der Waals surface area (Å²) in [7, 11) is 4.14. The summed E-state index contributed by atoms with van der Waals surface area (Å²) in [6, 6.07) is 9.73. The maximum absolute atomic E-state index is 13.7. The number of hydrogen-bond donors (Lipinski definition) is 1. The van der Waals surface area contributed by atoms with E-state index in [0.29, 0.717) is 12.0 Å². The molecule has 1 unspecified atom stereocenters. The largest absolute Gasteiger partial charge is 0.478 e. The van der Waals surface area contributed by atoms with Gasteiger partial charge in [-0.05, 0) is 75.5 Å². The van der Waals surface area contributed by atoms with Crippen molar-refractivity contribution < 1.29 is 14.7 Å². The predicted octanol–water partition coefficient (Wildman–Crippen LogP) is 5.00. The SMILES string of the molecule is CN(C)C1CCCN(C(=O)Cn2c(-c3cccnc3)c(C3CCCCC3)c3ccc(C(=O)O)cc32)C1. The van der Waals surface area contributed by atoms with E-state index in [2.05, 4.69) is 34.6 Å². The molecule has 3 aromatic rings. The van der Waals surface area contributed by atoms with Crippen molar-refractivity contribution in [3.63, 3.8) is 0 Å². The number of hydrogen-bond acceptors (Lipinski definition) is 4. The third kappa shape index (κ3) is 4.76. The second kappa shape index (κ2) is 10.4. The Balaban J connectivity index is 1.65. The first-order chi connectivity index (χ1) is 17.4. The van der Waals surface area contributed by atoms with Gasteiger partial charge in [0.2, 0.25) is 5.91 Å². The van der Waals surface area contributed by atoms with Gasteiger partial charge in [0, 0.05) is 42.5 Å². The van der Waals surface area contributed by atoms with E-state index in [4.69, 9.17) is 0 Å². The number of benzene rings is 1. The molecule has 3 heterocycles. The third-order valence-corrected chi connectivity index (χ3v) is 8.07. The fourth-order valence-electron chi connectivity index (χ4n) is 6.13. The van der Waals surface area contributed by atoms with Crippen molar-refractivity contribution in [3.8, 4) is 11.3 Å². The highest BCUT2D eigenvalue weighted by molar-refractivity contribution is 5.99. The normalized spacial score (nSPS) is 19.2. The van der Waals surface area contributed by atoms with Gasteiger partial charge < -0.3 is 19.5 Å². The lowest BCUT2D eigenvalue weighted by Gasteiger charge is -2.36. The van der Waals surface area contributed by atoms with Gasteiger partial charge in [-0.2, -0.15) is 0 Å². The molecule has 1 N–H and O–H groups in total. The lowest BCUT2D eigenvalue weighted by atomic mass is 9.82. The maximum atomic E-state index is 13.7. The Bertz CT molecular complexity index is 1240. The minimum atomic E-state index is -0.956. The molecule has 1 saturated carbocycles. The van der Waals surface area contributed by atoms with Crippen molar-refractivity contribution >= 4 is 22.8 Å². The number of pyridine rings is 1. The number of nitrogens with zero attached hydrogens (tertiary/aromatic N) is 4. The first-order valence-electron chi connectivity index (χ1n) is 13.2. The molecule has 190 valence electrons. The minimum absolute atomic E-state index is 0.0829. The lowest BCUT2D eigenvalue weighted by Crippen LogP contribution is -2.48. The Kier molecular flexibility index (Phi) is 7.10. The van der Waals surface area contributed by atoms with Gasteiger partial charge in [0.25, 0.3) is 0 Å². The average Bonchev–Trinajstić information content (AvgIpc) is 3.23. The lowest BCUT2D eigenvalue weighted by molar-refractivity contribution is -0.133. The summed E-state index contributed by atoms with van der Waals surface area (Å²) in [6.07, 6.45) is 11.6. The summed E-state index contributed by atoms with van der Waals surface area (Å²) < 4.78 is 2.07. The first kappa shape index (κ1) is 24.5. The van der Waals surface area contributed by atoms with Gasteiger partial charge >= 0.3 is 5.97 Å². The van der Waals surface area contributed by atoms with Gasteiger partial charge in [0.15, 0.2) is 0 Å². The number of carboxylic acid groups (broad SMARTS) is 1. The fourth-order valence-corrected chi connectivity index (χ4v) is 6.13. The standard InChI is InChI=1S/C29H36N4O3/c1-31(2)23-11-7-15-32(18-23)26(34)19-33-25-16-21(29(35)36)12-13-24(25)27(20-8-4-3-5-9-20)28(33)22-10-6-14-30-17-22/h6,10,12-14,16-17,20,23H,3-5,7-9,11,15,18-19H2,1-2H3,(H,35,36). The molecule has 2 aliphatic rings. The van der Waals surface area contributed by atoms with Gasteiger partial charge in [0.05, 0.1) is 16.8 Å². The van der Waals surface area contributed by atoms with Crippen molar-refractivity contribution in [2.45, 2.75) is 63.5 Å². The molecule has 1 aliphatic heterocycles. The Morgan fingerprint density at radius 3 is 2.58 bits per heavy atom. The van der Waals surface area contributed by atoms with Crippen molar-refractivity contribution in [2.75, 3.05) is 27.2 Å². The molecule has 1 saturated heterocycles. The summed E-state index contributed by atoms with van der Waals surface area (Å²) in [5, 5.41) is 10.8. The van der Waals surface area contributed by atoms with Crippen LogP contribution in [0.4, 0.5) is 0 Å². The molecule has 7 heteroatoms. The number of likely N-dealkylation sites (tertiary alicyclic amines) is 1. The molecule has 0 spiro atoms. The molecule has 1 aliphatic carbocycles. The van der Waals surface area contributed by atoms with Crippen LogP contribution < -0.4 is 0 Å². The van der Waals surface area contributed by atoms with E-state index >= 15 is 0 Å². The zero-order valence-electron chi connectivity index (χ0n) is 21.3. The molecule has 5 rings (SSSR count). The minimum Gasteiger partial charge on any atom is -0.478 e. The number of carbonyl (C=O) groups is 2. The van der Waals surface area contributed by atoms with E-state index < -0.39 is 5.97 Å². The zero-order valence-corrected chi connectivity index (χ0v) is 21.3. The molecule has 1 amide bonds. The Morgan fingerprint density at radius 2 is 1.89 bits per heavy atom. The van der Waals surface area contributed by atoms with Gasteiger partial charge in [0.1, 0.15) is 6.54 Å². The number of fused-ring (bicyclic) bond motifs is 1. The van der Waals surface area contributed by atoms with Crippen LogP contribution in [0.2, 0.25) is 0 Å². The van der Waals surface area contributed by atoms with Crippen LogP contribution in [0.5, 0.6) is 0 Å². The van der Waals surface area contributed by atoms with E-state index in [-0.39, 0.29) is 18.0 Å². The van der Waals surface area contributed by atoms with Crippen LogP contribution in [0, 0.1) is 0 Å². The highest BCUT2D eigenvalue weighted by atomic mass is 16.4. The van der Waals surface area contributed by atoms with E-state index in [0.717, 1.165) is 60.9 Å². The number of likely N-dealkylation sites (N-methyl/N-ethyl adjacent to an activating group) is 1. The Hall–Kier alpha value is -3.19. The second-order valence-corrected chi connectivity index (χ2v) is 10.6. The number of aromatic carboxylic acids is 1. The Labute approximate surface area is 212 Å². The van der Waals surface area contributed by atoms with E-state index in [1.165, 1.54) is 24.8 Å². The molecule has 7 nitrogen and oxygen atoms in total. The Morgan fingerprint density at radius 1 is 1.08 bits per heavy atom. The molecular formula is C29H36N4O3. The van der Waals surface area contributed by atoms with Crippen LogP contribution in [-0.4, -0.2) is 69.6 Å². The fraction of sp³-hybridized carbons (Fsp3) is 0.483. The van der Waals surface area contributed by atoms with Crippen LogP contribution in [0.3, 0.4) is 0 Å². The highest BCUT2D eigenvalue weighted by Gasteiger charge is 2.30. The molecule has 0 bridgehead atoms. The zero-order chi connectivity index (χ0) is 25.2. The summed E-state index contributed by atoms with van der Waals surface area (Å²) in [6.45, 7) is 1.68. The second-order valence-electron chi connectivity index (χ2n) is 10.6. The summed E-state index contributed by atoms with van der Waals surface area (Å²) >= 11 is 0. The maximum Gasteiger partial charge on any atom is 0.335 e. The van der Waals surface area contributed by atoms with Crippen LogP contribution in [-0.2, 0) is 11.3 Å². The van der Waals surface area contributed by atoms with E-state index in [1.807, 2.05) is 23.2 Å². The smallest absolute Gasteiger partial charge is 0.335 e. The van der Waals surface area contributed by atoms with Crippen LogP contribution in [0.25, 0.3) is 22.2 Å². The highest BCUT2D eigenvalue weighted by Crippen LogP contribution is 2.44. The number of amides is 1. The summed E-state index contributed by atoms with van der Waals surface area (Å²) in [5.41, 5.74) is 4.30. The first-order valence-corrected chi connectivity index (χ1v) is 13.2. The molecule has 1 aromatic carbocycles. The monoisotopic (exact) mass is 488 g/mol. The molecule has 36 heavy (non-hydrogen) atoms. The van der Waals surface area contributed by atoms with Crippen molar-refractivity contribution in [2.24, 2.45) is 0 Å². The van der Waals surface area contributed by atoms with Crippen LogP contribution >= 0.6 is 0 Å².